The Hall–Kier alpha value is -0.820. The number of rotatable bonds is 9. The fraction of sp³-hybridized carbons (Fsp3) is 0.588. The van der Waals surface area contributed by atoms with Crippen LogP contribution in [0.25, 0.3) is 0 Å². The van der Waals surface area contributed by atoms with Crippen LogP contribution in [0.5, 0.6) is 0 Å². The smallest absolute Gasteiger partial charge is 0.255 e. The zero-order valence-corrected chi connectivity index (χ0v) is 17.5. The van der Waals surface area contributed by atoms with Gasteiger partial charge in [0.1, 0.15) is 4.90 Å². The lowest BCUT2D eigenvalue weighted by Crippen LogP contribution is -2.33. The quantitative estimate of drug-likeness (QED) is 0.612. The molecule has 0 heterocycles. The molecule has 1 aromatic rings. The number of nitrogens with zero attached hydrogens (tertiary/aromatic N) is 2. The van der Waals surface area contributed by atoms with Crippen LogP contribution in [-0.4, -0.2) is 50.7 Å². The molecule has 0 unspecified atom stereocenters. The van der Waals surface area contributed by atoms with Crippen LogP contribution in [0.3, 0.4) is 0 Å². The van der Waals surface area contributed by atoms with Gasteiger partial charge in [0.2, 0.25) is 10.0 Å². The fourth-order valence-corrected chi connectivity index (χ4v) is 3.99. The second-order valence-corrected chi connectivity index (χ2v) is 8.98. The molecular weight excluding hydrogens is 383 g/mol. The summed E-state index contributed by atoms with van der Waals surface area (Å²) >= 11 is 12.3. The van der Waals surface area contributed by atoms with Crippen LogP contribution >= 0.6 is 23.2 Å². The van der Waals surface area contributed by atoms with Crippen LogP contribution in [0.4, 0.5) is 0 Å². The van der Waals surface area contributed by atoms with Crippen molar-refractivity contribution in [3.05, 3.63) is 27.7 Å². The Morgan fingerprint density at radius 3 is 1.96 bits per heavy atom. The first-order chi connectivity index (χ1) is 11.7. The number of hydrogen-bond donors (Lipinski definition) is 0. The molecule has 0 bridgehead atoms. The lowest BCUT2D eigenvalue weighted by molar-refractivity contribution is 0.0751. The van der Waals surface area contributed by atoms with E-state index < -0.39 is 10.0 Å². The Balaban J connectivity index is 3.32. The minimum atomic E-state index is -3.77. The zero-order chi connectivity index (χ0) is 19.2. The predicted molar refractivity (Wildman–Crippen MR) is 103 cm³/mol. The highest BCUT2D eigenvalue weighted by Gasteiger charge is 2.26. The van der Waals surface area contributed by atoms with Crippen molar-refractivity contribution in [2.75, 3.05) is 27.2 Å². The molecule has 0 aromatic heterocycles. The summed E-state index contributed by atoms with van der Waals surface area (Å²) in [4.78, 5) is 14.5. The van der Waals surface area contributed by atoms with Crippen LogP contribution in [0, 0.1) is 0 Å². The summed E-state index contributed by atoms with van der Waals surface area (Å²) < 4.78 is 25.9. The summed E-state index contributed by atoms with van der Waals surface area (Å²) in [6.45, 7) is 5.34. The highest BCUT2D eigenvalue weighted by Crippen LogP contribution is 2.31. The number of halogens is 2. The highest BCUT2D eigenvalue weighted by atomic mass is 35.5. The van der Waals surface area contributed by atoms with Gasteiger partial charge in [-0.1, -0.05) is 49.9 Å². The monoisotopic (exact) mass is 408 g/mol. The van der Waals surface area contributed by atoms with Crippen molar-refractivity contribution < 1.29 is 13.2 Å². The molecule has 0 spiro atoms. The molecular formula is C17H26Cl2N2O3S. The molecule has 0 saturated heterocycles. The molecule has 0 aliphatic carbocycles. The van der Waals surface area contributed by atoms with E-state index in [0.717, 1.165) is 30.0 Å². The number of unbranched alkanes of at least 4 members (excludes halogenated alkanes) is 2. The minimum Gasteiger partial charge on any atom is -0.339 e. The summed E-state index contributed by atoms with van der Waals surface area (Å²) in [5.41, 5.74) is 0.165. The van der Waals surface area contributed by atoms with Gasteiger partial charge in [-0.15, -0.1) is 0 Å². The topological polar surface area (TPSA) is 57.7 Å². The maximum absolute atomic E-state index is 12.9. The molecule has 1 rings (SSSR count). The molecule has 0 aliphatic rings. The van der Waals surface area contributed by atoms with Crippen LogP contribution in [0.2, 0.25) is 10.0 Å². The Morgan fingerprint density at radius 2 is 1.52 bits per heavy atom. The van der Waals surface area contributed by atoms with Crippen molar-refractivity contribution in [1.82, 2.24) is 9.21 Å². The van der Waals surface area contributed by atoms with Crippen LogP contribution in [0.15, 0.2) is 17.0 Å². The summed E-state index contributed by atoms with van der Waals surface area (Å²) in [6, 6.07) is 2.61. The Kier molecular flexibility index (Phi) is 8.68. The van der Waals surface area contributed by atoms with Crippen LogP contribution < -0.4 is 0 Å². The van der Waals surface area contributed by atoms with Crippen molar-refractivity contribution >= 4 is 39.1 Å². The molecule has 0 aliphatic heterocycles. The molecule has 1 aromatic carbocycles. The fourth-order valence-electron chi connectivity index (χ4n) is 2.27. The van der Waals surface area contributed by atoms with E-state index in [1.807, 2.05) is 0 Å². The van der Waals surface area contributed by atoms with Gasteiger partial charge in [-0.25, -0.2) is 12.7 Å². The van der Waals surface area contributed by atoms with Gasteiger partial charge in [0, 0.05) is 27.2 Å². The Labute approximate surface area is 160 Å². The van der Waals surface area contributed by atoms with Crippen LogP contribution in [0.1, 0.15) is 49.9 Å². The lowest BCUT2D eigenvalue weighted by atomic mass is 10.1. The molecule has 0 fully saturated rings. The number of amides is 1. The predicted octanol–water partition coefficient (Wildman–Crippen LogP) is 4.29. The molecule has 0 N–H and O–H groups in total. The van der Waals surface area contributed by atoms with E-state index in [1.165, 1.54) is 26.2 Å². The highest BCUT2D eigenvalue weighted by molar-refractivity contribution is 7.89. The van der Waals surface area contributed by atoms with Crippen molar-refractivity contribution in [2.24, 2.45) is 0 Å². The average molecular weight is 409 g/mol. The van der Waals surface area contributed by atoms with Crippen LogP contribution in [-0.2, 0) is 10.0 Å². The molecule has 0 radical (unpaired) electrons. The lowest BCUT2D eigenvalue weighted by Gasteiger charge is -2.23. The van der Waals surface area contributed by atoms with Gasteiger partial charge in [0.25, 0.3) is 5.91 Å². The minimum absolute atomic E-state index is 0.00363. The normalized spacial score (nSPS) is 11.8. The molecule has 0 atom stereocenters. The van der Waals surface area contributed by atoms with Crippen molar-refractivity contribution in [3.8, 4) is 0 Å². The number of sulfonamides is 1. The number of carbonyl (C=O) groups excluding carboxylic acids is 1. The van der Waals surface area contributed by atoms with Gasteiger partial charge in [0.15, 0.2) is 0 Å². The summed E-state index contributed by atoms with van der Waals surface area (Å²) in [5.74, 6) is -0.265. The molecule has 8 heteroatoms. The Bertz CT molecular complexity index is 698. The second-order valence-electron chi connectivity index (χ2n) is 6.05. The van der Waals surface area contributed by atoms with E-state index in [-0.39, 0.29) is 26.4 Å². The summed E-state index contributed by atoms with van der Waals surface area (Å²) in [5, 5.41) is 0.162. The summed E-state index contributed by atoms with van der Waals surface area (Å²) in [6.07, 6.45) is 3.68. The number of benzene rings is 1. The van der Waals surface area contributed by atoms with Gasteiger partial charge in [-0.05, 0) is 25.0 Å². The van der Waals surface area contributed by atoms with E-state index in [9.17, 15) is 13.2 Å². The first-order valence-corrected chi connectivity index (χ1v) is 10.6. The third kappa shape index (κ3) is 5.58. The third-order valence-electron chi connectivity index (χ3n) is 3.86. The molecule has 1 amide bonds. The first kappa shape index (κ1) is 22.2. The Morgan fingerprint density at radius 1 is 1.00 bits per heavy atom. The van der Waals surface area contributed by atoms with Gasteiger partial charge in [-0.3, -0.25) is 4.79 Å². The number of hydrogen-bond acceptors (Lipinski definition) is 3. The maximum atomic E-state index is 12.9. The molecule has 0 saturated carbocycles. The van der Waals surface area contributed by atoms with Gasteiger partial charge in [-0.2, -0.15) is 0 Å². The van der Waals surface area contributed by atoms with Crippen molar-refractivity contribution in [2.45, 2.75) is 44.4 Å². The van der Waals surface area contributed by atoms with Gasteiger partial charge < -0.3 is 4.90 Å². The van der Waals surface area contributed by atoms with E-state index >= 15 is 0 Å². The van der Waals surface area contributed by atoms with E-state index in [1.54, 1.807) is 4.90 Å². The largest absolute Gasteiger partial charge is 0.339 e. The van der Waals surface area contributed by atoms with Crippen molar-refractivity contribution in [1.29, 1.82) is 0 Å². The average Bonchev–Trinajstić information content (AvgIpc) is 2.54. The SMILES string of the molecule is CCCCN(CCCC)C(=O)c1cc(S(=O)(=O)N(C)C)c(Cl)cc1Cl. The molecule has 5 nitrogen and oxygen atoms in total. The van der Waals surface area contributed by atoms with Gasteiger partial charge >= 0.3 is 0 Å². The standard InChI is InChI=1S/C17H26Cl2N2O3S/c1-5-7-9-21(10-8-6-2)17(22)13-11-16(15(19)12-14(13)18)25(23,24)20(3)4/h11-12H,5-10H2,1-4H3. The van der Waals surface area contributed by atoms with Gasteiger partial charge in [0.05, 0.1) is 15.6 Å². The molecule has 25 heavy (non-hydrogen) atoms. The molecule has 142 valence electrons. The van der Waals surface area contributed by atoms with E-state index in [4.69, 9.17) is 23.2 Å². The maximum Gasteiger partial charge on any atom is 0.255 e. The third-order valence-corrected chi connectivity index (χ3v) is 6.45. The summed E-state index contributed by atoms with van der Waals surface area (Å²) in [7, 11) is -0.941. The number of carbonyl (C=O) groups is 1. The van der Waals surface area contributed by atoms with E-state index in [0.29, 0.717) is 13.1 Å². The van der Waals surface area contributed by atoms with E-state index in [2.05, 4.69) is 13.8 Å². The second kappa shape index (κ2) is 9.76. The first-order valence-electron chi connectivity index (χ1n) is 8.37. The van der Waals surface area contributed by atoms with Crippen molar-refractivity contribution in [3.63, 3.8) is 0 Å². The zero-order valence-electron chi connectivity index (χ0n) is 15.2.